The van der Waals surface area contributed by atoms with Crippen molar-refractivity contribution in [2.45, 2.75) is 119 Å². The molecule has 0 aliphatic carbocycles. The molecule has 450 valence electrons. The third-order valence-electron chi connectivity index (χ3n) is 15.9. The van der Waals surface area contributed by atoms with E-state index >= 15 is 19.2 Å². The van der Waals surface area contributed by atoms with Gasteiger partial charge in [0.2, 0.25) is 59.1 Å². The van der Waals surface area contributed by atoms with E-state index in [1.54, 1.807) is 66.7 Å². The Morgan fingerprint density at radius 3 is 1.81 bits per heavy atom. The normalized spacial score (nSPS) is 24.2. The van der Waals surface area contributed by atoms with Gasteiger partial charge in [-0.2, -0.15) is 0 Å². The number of nitrogens with two attached hydrogens (primary N) is 4. The summed E-state index contributed by atoms with van der Waals surface area (Å²) in [5, 5.41) is 21.4. The van der Waals surface area contributed by atoms with Crippen molar-refractivity contribution in [1.82, 2.24) is 40.9 Å². The SMILES string of the molecule is CN1C(=O)[C@H](Cc2ccc(O)cc2)NC(=O)[C@@H]2CCCN2C(=O)[C@H](Cc2ccccc2)NC(=O)CSC[C@@H](C(N)=O)NC(=O)[C@H](Cc2ccc(C(N)=O)cc2)NC(=O)[C@@H]2Cc3ccccc3CN2C(=O)[C@@H]2CCCN2C(=O)[C@@H]1CCCN=C(N)N. The largest absolute Gasteiger partial charge is 0.508 e. The number of fused-ring (bicyclic) bond motifs is 4. The second kappa shape index (κ2) is 28.5. The van der Waals surface area contributed by atoms with E-state index in [0.29, 0.717) is 29.5 Å². The number of phenols is 1. The molecule has 85 heavy (non-hydrogen) atoms. The lowest BCUT2D eigenvalue weighted by molar-refractivity contribution is -0.153. The number of carbonyl (C=O) groups excluding carboxylic acids is 10. The molecule has 4 aromatic rings. The maximum absolute atomic E-state index is 15.4. The Balaban J connectivity index is 1.19. The van der Waals surface area contributed by atoms with Crippen molar-refractivity contribution >= 4 is 76.8 Å². The van der Waals surface area contributed by atoms with Crippen LogP contribution in [-0.4, -0.2) is 176 Å². The fourth-order valence-corrected chi connectivity index (χ4v) is 12.3. The minimum absolute atomic E-state index is 0.000510. The number of hydrogen-bond acceptors (Lipinski definition) is 13. The Labute approximate surface area is 496 Å². The Kier molecular flexibility index (Phi) is 20.8. The molecule has 4 heterocycles. The molecule has 10 amide bonds. The van der Waals surface area contributed by atoms with E-state index in [1.807, 2.05) is 12.1 Å². The Hall–Kier alpha value is -9.00. The minimum atomic E-state index is -1.42. The van der Waals surface area contributed by atoms with Crippen LogP contribution in [0.2, 0.25) is 0 Å². The van der Waals surface area contributed by atoms with Crippen molar-refractivity contribution in [2.24, 2.45) is 27.9 Å². The van der Waals surface area contributed by atoms with E-state index in [1.165, 1.54) is 50.9 Å². The van der Waals surface area contributed by atoms with Crippen LogP contribution in [0.3, 0.4) is 0 Å². The van der Waals surface area contributed by atoms with Crippen molar-refractivity contribution in [2.75, 3.05) is 38.2 Å². The average molecular weight is 1180 g/mol. The summed E-state index contributed by atoms with van der Waals surface area (Å²) in [5.41, 5.74) is 26.1. The minimum Gasteiger partial charge on any atom is -0.508 e. The van der Waals surface area contributed by atoms with Crippen molar-refractivity contribution in [1.29, 1.82) is 0 Å². The van der Waals surface area contributed by atoms with Crippen molar-refractivity contribution in [3.63, 3.8) is 0 Å². The second-order valence-electron chi connectivity index (χ2n) is 21.8. The van der Waals surface area contributed by atoms with E-state index in [9.17, 15) is 33.9 Å². The van der Waals surface area contributed by atoms with E-state index in [0.717, 1.165) is 22.9 Å². The molecule has 13 N–H and O–H groups in total. The fourth-order valence-electron chi connectivity index (χ4n) is 11.4. The average Bonchev–Trinajstić information content (AvgIpc) is 3.41. The second-order valence-corrected chi connectivity index (χ2v) is 22.8. The molecule has 8 rings (SSSR count). The van der Waals surface area contributed by atoms with Crippen LogP contribution in [-0.2, 0) is 75.4 Å². The highest BCUT2D eigenvalue weighted by molar-refractivity contribution is 8.00. The number of nitrogens with one attached hydrogen (secondary N) is 4. The lowest BCUT2D eigenvalue weighted by atomic mass is 9.92. The summed E-state index contributed by atoms with van der Waals surface area (Å²) in [6.45, 7) is 0.257. The first kappa shape index (κ1) is 62.1. The number of aliphatic imine (C=N–C) groups is 1. The van der Waals surface area contributed by atoms with Crippen molar-refractivity contribution < 1.29 is 53.1 Å². The predicted octanol–water partition coefficient (Wildman–Crippen LogP) is -0.494. The highest BCUT2D eigenvalue weighted by Crippen LogP contribution is 2.30. The van der Waals surface area contributed by atoms with Crippen LogP contribution in [0.15, 0.2) is 108 Å². The van der Waals surface area contributed by atoms with Gasteiger partial charge < -0.3 is 68.9 Å². The maximum Gasteiger partial charge on any atom is 0.248 e. The van der Waals surface area contributed by atoms with E-state index in [2.05, 4.69) is 26.3 Å². The number of thioether (sulfide) groups is 1. The van der Waals surface area contributed by atoms with Crippen LogP contribution in [0.5, 0.6) is 5.75 Å². The molecule has 0 spiro atoms. The molecular weight excluding hydrogens is 1110 g/mol. The number of hydrogen-bond donors (Lipinski definition) is 9. The Bertz CT molecular complexity index is 3160. The summed E-state index contributed by atoms with van der Waals surface area (Å²) in [6, 6.07) is 18.2. The number of rotatable bonds is 12. The topological polar surface area (TPSA) is 368 Å². The number of likely N-dealkylation sites (N-methyl/N-ethyl adjacent to an activating group) is 1. The molecule has 3 saturated heterocycles. The molecule has 4 aliphatic rings. The number of amides is 10. The van der Waals surface area contributed by atoms with Gasteiger partial charge in [-0.3, -0.25) is 52.9 Å². The monoisotopic (exact) mass is 1180 g/mol. The molecule has 0 saturated carbocycles. The lowest BCUT2D eigenvalue weighted by Gasteiger charge is -2.40. The van der Waals surface area contributed by atoms with Gasteiger partial charge in [0.1, 0.15) is 54.1 Å². The predicted molar refractivity (Wildman–Crippen MR) is 315 cm³/mol. The number of guanidine groups is 1. The maximum atomic E-state index is 15.4. The summed E-state index contributed by atoms with van der Waals surface area (Å²) in [5.74, 6) is -7.70. The van der Waals surface area contributed by atoms with Crippen LogP contribution in [0.1, 0.15) is 76.7 Å². The standard InChI is InChI=1S/C60H73N13O11S/c1-70-47(14-7-25-65-60(63)64)58(83)72-27-9-16-48(72)59(84)73-32-40-13-6-5-12-39(40)31-49(73)55(80)67-42(28-36-17-21-38(22-18-36)51(61)76)53(78)69-45(52(62)77)33-85-34-50(75)66-44(29-35-10-3-2-4-11-35)57(82)71-26-8-15-46(71)54(79)68-43(56(70)81)30-37-19-23-41(74)24-20-37/h2-6,10-13,17-24,42-49,74H,7-9,14-16,25-34H2,1H3,(H2,61,76)(H2,62,77)(H,66,75)(H,67,80)(H,68,79)(H,69,78)(H4,63,64,65)/t42-,43-,44-,45-,46-,47-,48-,49-/m0/s1. The van der Waals surface area contributed by atoms with Crippen LogP contribution >= 0.6 is 11.8 Å². The molecule has 0 bridgehead atoms. The van der Waals surface area contributed by atoms with Gasteiger partial charge in [-0.25, -0.2) is 0 Å². The van der Waals surface area contributed by atoms with Gasteiger partial charge in [-0.1, -0.05) is 78.9 Å². The van der Waals surface area contributed by atoms with Crippen LogP contribution in [0.25, 0.3) is 0 Å². The zero-order valence-corrected chi connectivity index (χ0v) is 48.0. The molecule has 4 aromatic carbocycles. The number of primary amides is 2. The molecule has 8 atom stereocenters. The number of benzene rings is 4. The summed E-state index contributed by atoms with van der Waals surface area (Å²) >= 11 is 0.943. The van der Waals surface area contributed by atoms with Gasteiger partial charge in [0.15, 0.2) is 5.96 Å². The number of aromatic hydroxyl groups is 1. The fraction of sp³-hybridized carbons (Fsp3) is 0.417. The molecule has 4 aliphatic heterocycles. The first-order valence-electron chi connectivity index (χ1n) is 28.3. The molecule has 3 fully saturated rings. The van der Waals surface area contributed by atoms with Gasteiger partial charge in [0, 0.05) is 70.2 Å². The number of carbonyl (C=O) groups is 10. The highest BCUT2D eigenvalue weighted by Gasteiger charge is 2.46. The molecule has 0 aromatic heterocycles. The third-order valence-corrected chi connectivity index (χ3v) is 17.0. The van der Waals surface area contributed by atoms with Gasteiger partial charge in [-0.05, 0) is 90.6 Å². The smallest absolute Gasteiger partial charge is 0.248 e. The van der Waals surface area contributed by atoms with Crippen molar-refractivity contribution in [3.8, 4) is 5.75 Å². The van der Waals surface area contributed by atoms with E-state index in [4.69, 9.17) is 22.9 Å². The van der Waals surface area contributed by atoms with Crippen LogP contribution in [0, 0.1) is 0 Å². The molecule has 0 unspecified atom stereocenters. The molecule has 25 heteroatoms. The van der Waals surface area contributed by atoms with Gasteiger partial charge in [0.05, 0.1) is 5.75 Å². The molecule has 0 radical (unpaired) electrons. The summed E-state index contributed by atoms with van der Waals surface area (Å²) in [4.78, 5) is 154. The number of phenolic OH excluding ortho intramolecular Hbond substituents is 1. The Morgan fingerprint density at radius 1 is 0.600 bits per heavy atom. The zero-order chi connectivity index (χ0) is 60.9. The zero-order valence-electron chi connectivity index (χ0n) is 47.2. The third kappa shape index (κ3) is 15.8. The summed E-state index contributed by atoms with van der Waals surface area (Å²) in [7, 11) is 1.43. The van der Waals surface area contributed by atoms with E-state index < -0.39 is 107 Å². The van der Waals surface area contributed by atoms with Gasteiger partial charge in [0.25, 0.3) is 0 Å². The molecular formula is C60H73N13O11S. The van der Waals surface area contributed by atoms with Crippen LogP contribution < -0.4 is 44.2 Å². The first-order valence-corrected chi connectivity index (χ1v) is 29.5. The highest BCUT2D eigenvalue weighted by atomic mass is 32.2. The Morgan fingerprint density at radius 2 is 1.16 bits per heavy atom. The van der Waals surface area contributed by atoms with E-state index in [-0.39, 0.29) is 106 Å². The summed E-state index contributed by atoms with van der Waals surface area (Å²) in [6.07, 6.45) is 1.12. The van der Waals surface area contributed by atoms with Crippen molar-refractivity contribution in [3.05, 3.63) is 137 Å². The lowest BCUT2D eigenvalue weighted by Crippen LogP contribution is -2.62. The number of nitrogens with zero attached hydrogens (tertiary/aromatic N) is 5. The quantitative estimate of drug-likeness (QED) is 0.0491. The first-order chi connectivity index (χ1) is 40.8. The van der Waals surface area contributed by atoms with Crippen LogP contribution in [0.4, 0.5) is 0 Å². The van der Waals surface area contributed by atoms with Gasteiger partial charge in [-0.15, -0.1) is 11.8 Å². The van der Waals surface area contributed by atoms with Gasteiger partial charge >= 0.3 is 0 Å². The molecule has 24 nitrogen and oxygen atoms in total. The summed E-state index contributed by atoms with van der Waals surface area (Å²) < 4.78 is 0.